The first-order valence-corrected chi connectivity index (χ1v) is 6.94. The van der Waals surface area contributed by atoms with Crippen molar-refractivity contribution >= 4 is 22.9 Å². The molecule has 2 rings (SSSR count). The second-order valence-electron chi connectivity index (χ2n) is 5.14. The summed E-state index contributed by atoms with van der Waals surface area (Å²) in [5.74, 6) is 0.822. The molecule has 1 saturated heterocycles. The molecule has 2 heterocycles. The van der Waals surface area contributed by atoms with Gasteiger partial charge >= 0.3 is 0 Å². The van der Waals surface area contributed by atoms with Crippen LogP contribution in [0.25, 0.3) is 0 Å². The highest BCUT2D eigenvalue weighted by Gasteiger charge is 2.23. The van der Waals surface area contributed by atoms with E-state index in [9.17, 15) is 0 Å². The molecule has 0 bridgehead atoms. The van der Waals surface area contributed by atoms with E-state index in [1.54, 1.807) is 11.3 Å². The average molecular weight is 259 g/mol. The molecule has 0 unspecified atom stereocenters. The Morgan fingerprint density at radius 1 is 1.50 bits per heavy atom. The van der Waals surface area contributed by atoms with Crippen molar-refractivity contribution in [1.29, 1.82) is 0 Å². The van der Waals surface area contributed by atoms with Gasteiger partial charge in [-0.2, -0.15) is 0 Å². The smallest absolute Gasteiger partial charge is 0.0931 e. The molecule has 1 aliphatic rings. The summed E-state index contributed by atoms with van der Waals surface area (Å²) >= 11 is 7.66. The van der Waals surface area contributed by atoms with E-state index in [1.165, 1.54) is 4.88 Å². The highest BCUT2D eigenvalue weighted by Crippen LogP contribution is 2.31. The molecule has 2 N–H and O–H groups in total. The fraction of sp³-hybridized carbons (Fsp3) is 0.667. The fourth-order valence-electron chi connectivity index (χ4n) is 1.85. The number of hydrogen-bond donors (Lipinski definition) is 2. The van der Waals surface area contributed by atoms with Crippen LogP contribution >= 0.6 is 22.9 Å². The largest absolute Gasteiger partial charge is 0.316 e. The molecule has 0 aromatic carbocycles. The first-order valence-electron chi connectivity index (χ1n) is 5.75. The van der Waals surface area contributed by atoms with Gasteiger partial charge in [-0.05, 0) is 18.1 Å². The van der Waals surface area contributed by atoms with Gasteiger partial charge < -0.3 is 10.6 Å². The van der Waals surface area contributed by atoms with Gasteiger partial charge in [-0.1, -0.05) is 25.4 Å². The van der Waals surface area contributed by atoms with Gasteiger partial charge in [0.05, 0.1) is 4.34 Å². The summed E-state index contributed by atoms with van der Waals surface area (Å²) in [6.07, 6.45) is 0. The van der Waals surface area contributed by atoms with Crippen LogP contribution in [0.1, 0.15) is 18.7 Å². The summed E-state index contributed by atoms with van der Waals surface area (Å²) in [7, 11) is 0. The minimum absolute atomic E-state index is 0.176. The molecule has 1 fully saturated rings. The monoisotopic (exact) mass is 258 g/mol. The first-order chi connectivity index (χ1) is 7.58. The Balaban J connectivity index is 1.81. The van der Waals surface area contributed by atoms with Crippen molar-refractivity contribution in [2.45, 2.75) is 19.3 Å². The molecule has 4 heteroatoms. The Hall–Kier alpha value is -0.0900. The van der Waals surface area contributed by atoms with Crippen molar-refractivity contribution < 1.29 is 0 Å². The molecule has 1 aliphatic heterocycles. The molecular weight excluding hydrogens is 240 g/mol. The van der Waals surface area contributed by atoms with E-state index in [0.29, 0.717) is 0 Å². The van der Waals surface area contributed by atoms with Crippen LogP contribution in [0.4, 0.5) is 0 Å². The van der Waals surface area contributed by atoms with Crippen molar-refractivity contribution in [2.75, 3.05) is 26.2 Å². The fourth-order valence-corrected chi connectivity index (χ4v) is 2.99. The zero-order chi connectivity index (χ0) is 11.6. The third-order valence-electron chi connectivity index (χ3n) is 3.11. The third-order valence-corrected chi connectivity index (χ3v) is 4.70. The summed E-state index contributed by atoms with van der Waals surface area (Å²) in [4.78, 5) is 1.36. The molecule has 2 nitrogen and oxygen atoms in total. The Morgan fingerprint density at radius 3 is 2.75 bits per heavy atom. The second-order valence-corrected chi connectivity index (χ2v) is 6.86. The van der Waals surface area contributed by atoms with Gasteiger partial charge in [0, 0.05) is 36.5 Å². The van der Waals surface area contributed by atoms with Gasteiger partial charge in [-0.15, -0.1) is 11.3 Å². The van der Waals surface area contributed by atoms with E-state index in [4.69, 9.17) is 11.6 Å². The van der Waals surface area contributed by atoms with Crippen LogP contribution in [0.5, 0.6) is 0 Å². The summed E-state index contributed by atoms with van der Waals surface area (Å²) < 4.78 is 0.881. The van der Waals surface area contributed by atoms with Crippen LogP contribution < -0.4 is 10.6 Å². The Labute approximate surface area is 106 Å². The number of halogens is 1. The molecule has 1 aromatic heterocycles. The summed E-state index contributed by atoms with van der Waals surface area (Å²) in [5.41, 5.74) is 0.176. The zero-order valence-corrected chi connectivity index (χ0v) is 11.4. The molecular formula is C12H19ClN2S. The summed E-state index contributed by atoms with van der Waals surface area (Å²) in [6, 6.07) is 4.12. The van der Waals surface area contributed by atoms with Crippen LogP contribution in [-0.4, -0.2) is 26.2 Å². The van der Waals surface area contributed by atoms with Crippen LogP contribution in [0.2, 0.25) is 4.34 Å². The van der Waals surface area contributed by atoms with Crippen molar-refractivity contribution in [3.05, 3.63) is 21.3 Å². The van der Waals surface area contributed by atoms with E-state index in [-0.39, 0.29) is 5.41 Å². The van der Waals surface area contributed by atoms with Gasteiger partial charge in [0.15, 0.2) is 0 Å². The lowest BCUT2D eigenvalue weighted by atomic mass is 9.91. The Bertz CT molecular complexity index is 345. The van der Waals surface area contributed by atoms with Gasteiger partial charge in [0.2, 0.25) is 0 Å². The van der Waals surface area contributed by atoms with E-state index < -0.39 is 0 Å². The van der Waals surface area contributed by atoms with Gasteiger partial charge in [0.25, 0.3) is 0 Å². The van der Waals surface area contributed by atoms with Crippen LogP contribution in [0, 0.1) is 5.92 Å². The topological polar surface area (TPSA) is 24.1 Å². The number of nitrogens with one attached hydrogen (secondary N) is 2. The van der Waals surface area contributed by atoms with E-state index in [0.717, 1.165) is 36.4 Å². The second kappa shape index (κ2) is 5.05. The predicted octanol–water partition coefficient (Wildman–Crippen LogP) is 2.49. The van der Waals surface area contributed by atoms with Gasteiger partial charge in [-0.3, -0.25) is 0 Å². The van der Waals surface area contributed by atoms with Crippen LogP contribution in [0.15, 0.2) is 12.1 Å². The van der Waals surface area contributed by atoms with Crippen molar-refractivity contribution in [1.82, 2.24) is 10.6 Å². The molecule has 0 amide bonds. The highest BCUT2D eigenvalue weighted by atomic mass is 35.5. The van der Waals surface area contributed by atoms with Crippen molar-refractivity contribution in [2.24, 2.45) is 5.92 Å². The summed E-state index contributed by atoms with van der Waals surface area (Å²) in [5, 5.41) is 6.85. The minimum atomic E-state index is 0.176. The molecule has 0 radical (unpaired) electrons. The Morgan fingerprint density at radius 2 is 2.25 bits per heavy atom. The zero-order valence-electron chi connectivity index (χ0n) is 9.85. The van der Waals surface area contributed by atoms with Gasteiger partial charge in [0.1, 0.15) is 0 Å². The molecule has 0 saturated carbocycles. The van der Waals surface area contributed by atoms with Crippen molar-refractivity contribution in [3.8, 4) is 0 Å². The lowest BCUT2D eigenvalue weighted by Crippen LogP contribution is -2.48. The molecule has 0 spiro atoms. The van der Waals surface area contributed by atoms with E-state index in [2.05, 4.69) is 30.5 Å². The maximum Gasteiger partial charge on any atom is 0.0931 e. The minimum Gasteiger partial charge on any atom is -0.316 e. The van der Waals surface area contributed by atoms with Crippen LogP contribution in [-0.2, 0) is 5.41 Å². The normalized spacial score (nSPS) is 17.4. The lowest BCUT2D eigenvalue weighted by Gasteiger charge is -2.30. The number of hydrogen-bond acceptors (Lipinski definition) is 3. The predicted molar refractivity (Wildman–Crippen MR) is 71.6 cm³/mol. The molecule has 90 valence electrons. The SMILES string of the molecule is CC(C)(CNCC1CNC1)c1ccc(Cl)s1. The number of thiophene rings is 1. The molecule has 0 atom stereocenters. The maximum atomic E-state index is 5.97. The standard InChI is InChI=1S/C12H19ClN2S/c1-12(2,10-3-4-11(13)16-10)8-15-7-9-5-14-6-9/h3-4,9,14-15H,5-8H2,1-2H3. The molecule has 1 aromatic rings. The summed E-state index contributed by atoms with van der Waals surface area (Å²) in [6.45, 7) is 8.99. The lowest BCUT2D eigenvalue weighted by molar-refractivity contribution is 0.320. The van der Waals surface area contributed by atoms with E-state index >= 15 is 0 Å². The number of rotatable bonds is 5. The quantitative estimate of drug-likeness (QED) is 0.848. The van der Waals surface area contributed by atoms with Gasteiger partial charge in [-0.25, -0.2) is 0 Å². The van der Waals surface area contributed by atoms with Crippen molar-refractivity contribution in [3.63, 3.8) is 0 Å². The molecule has 0 aliphatic carbocycles. The van der Waals surface area contributed by atoms with Crippen LogP contribution in [0.3, 0.4) is 0 Å². The third kappa shape index (κ3) is 2.98. The first kappa shape index (κ1) is 12.4. The van der Waals surface area contributed by atoms with E-state index in [1.807, 2.05) is 6.07 Å². The average Bonchev–Trinajstić information content (AvgIpc) is 2.57. The highest BCUT2D eigenvalue weighted by molar-refractivity contribution is 7.16. The Kier molecular flexibility index (Phi) is 3.90. The molecule has 16 heavy (non-hydrogen) atoms. The maximum absolute atomic E-state index is 5.97.